The van der Waals surface area contributed by atoms with Crippen LogP contribution < -0.4 is 10.2 Å². The number of hydrogen-bond acceptors (Lipinski definition) is 6. The standard InChI is InChI=1S/C21H18Cl2N2O6/c1-30-15-4-2-3-12(7-15)18(26)11-31-21(29)14-9-19(27)25(10-14)24-20(28)13-5-6-16(22)17(23)8-13/h2-8,14H,9-11H2,1H3,(H,24,28)/t14-/m1/s1. The summed E-state index contributed by atoms with van der Waals surface area (Å²) in [5.74, 6) is -2.42. The molecule has 1 fully saturated rings. The van der Waals surface area contributed by atoms with Gasteiger partial charge >= 0.3 is 5.97 Å². The molecule has 0 bridgehead atoms. The van der Waals surface area contributed by atoms with E-state index in [-0.39, 0.29) is 23.6 Å². The number of hydrazine groups is 1. The first-order chi connectivity index (χ1) is 14.8. The van der Waals surface area contributed by atoms with Gasteiger partial charge < -0.3 is 9.47 Å². The summed E-state index contributed by atoms with van der Waals surface area (Å²) in [4.78, 5) is 49.1. The maximum Gasteiger partial charge on any atom is 0.311 e. The van der Waals surface area contributed by atoms with Gasteiger partial charge in [0.05, 0.1) is 29.6 Å². The molecule has 2 aromatic carbocycles. The number of ether oxygens (including phenoxy) is 2. The van der Waals surface area contributed by atoms with Crippen molar-refractivity contribution in [1.29, 1.82) is 0 Å². The number of carbonyl (C=O) groups excluding carboxylic acids is 4. The molecular weight excluding hydrogens is 447 g/mol. The molecule has 2 amide bonds. The summed E-state index contributed by atoms with van der Waals surface area (Å²) in [5.41, 5.74) is 2.98. The Kier molecular flexibility index (Phi) is 7.14. The molecule has 1 heterocycles. The molecule has 1 N–H and O–H groups in total. The number of nitrogens with one attached hydrogen (secondary N) is 1. The Morgan fingerprint density at radius 2 is 1.87 bits per heavy atom. The molecule has 2 aromatic rings. The van der Waals surface area contributed by atoms with E-state index >= 15 is 0 Å². The van der Waals surface area contributed by atoms with Crippen LogP contribution in [0.1, 0.15) is 27.1 Å². The molecule has 1 saturated heterocycles. The van der Waals surface area contributed by atoms with Crippen molar-refractivity contribution in [2.45, 2.75) is 6.42 Å². The van der Waals surface area contributed by atoms with Gasteiger partial charge in [-0.2, -0.15) is 0 Å². The van der Waals surface area contributed by atoms with E-state index in [1.807, 2.05) is 0 Å². The topological polar surface area (TPSA) is 102 Å². The number of ketones is 1. The smallest absolute Gasteiger partial charge is 0.311 e. The van der Waals surface area contributed by atoms with Gasteiger partial charge in [-0.25, -0.2) is 0 Å². The lowest BCUT2D eigenvalue weighted by atomic mass is 10.1. The number of amides is 2. The van der Waals surface area contributed by atoms with Crippen LogP contribution in [-0.4, -0.2) is 48.8 Å². The molecule has 1 aliphatic rings. The number of hydrogen-bond donors (Lipinski definition) is 1. The first kappa shape index (κ1) is 22.6. The Morgan fingerprint density at radius 1 is 1.10 bits per heavy atom. The number of esters is 1. The van der Waals surface area contributed by atoms with Crippen LogP contribution in [0.5, 0.6) is 5.75 Å². The summed E-state index contributed by atoms with van der Waals surface area (Å²) in [5, 5.41) is 1.53. The molecule has 0 saturated carbocycles. The monoisotopic (exact) mass is 464 g/mol. The average molecular weight is 465 g/mol. The first-order valence-electron chi connectivity index (χ1n) is 9.18. The predicted molar refractivity (Wildman–Crippen MR) is 112 cm³/mol. The van der Waals surface area contributed by atoms with E-state index in [4.69, 9.17) is 32.7 Å². The Balaban J connectivity index is 1.54. The lowest BCUT2D eigenvalue weighted by Gasteiger charge is -2.17. The van der Waals surface area contributed by atoms with Crippen LogP contribution in [0.3, 0.4) is 0 Å². The van der Waals surface area contributed by atoms with Crippen molar-refractivity contribution in [3.8, 4) is 5.75 Å². The second kappa shape index (κ2) is 9.80. The van der Waals surface area contributed by atoms with E-state index in [9.17, 15) is 19.2 Å². The average Bonchev–Trinajstić information content (AvgIpc) is 3.13. The summed E-state index contributed by atoms with van der Waals surface area (Å²) >= 11 is 11.7. The van der Waals surface area contributed by atoms with Gasteiger partial charge in [-0.1, -0.05) is 35.3 Å². The number of benzene rings is 2. The number of Topliss-reactive ketones (excluding diaryl/α,β-unsaturated/α-hetero) is 1. The lowest BCUT2D eigenvalue weighted by Crippen LogP contribution is -2.43. The van der Waals surface area contributed by atoms with E-state index in [2.05, 4.69) is 5.43 Å². The van der Waals surface area contributed by atoms with Gasteiger partial charge in [-0.15, -0.1) is 0 Å². The molecule has 0 aromatic heterocycles. The summed E-state index contributed by atoms with van der Waals surface area (Å²) < 4.78 is 10.1. The van der Waals surface area contributed by atoms with Gasteiger partial charge in [0.25, 0.3) is 5.91 Å². The van der Waals surface area contributed by atoms with Crippen LogP contribution in [0.25, 0.3) is 0 Å². The third-order valence-electron chi connectivity index (χ3n) is 4.61. The third kappa shape index (κ3) is 5.53. The molecule has 1 aliphatic heterocycles. The number of rotatable bonds is 7. The van der Waals surface area contributed by atoms with E-state index in [0.29, 0.717) is 16.3 Å². The SMILES string of the molecule is COc1cccc(C(=O)COC(=O)[C@@H]2CC(=O)N(NC(=O)c3ccc(Cl)c(Cl)c3)C2)c1. The normalized spacial score (nSPS) is 15.5. The Hall–Kier alpha value is -3.10. The summed E-state index contributed by atoms with van der Waals surface area (Å²) in [6.45, 7) is -0.537. The fraction of sp³-hybridized carbons (Fsp3) is 0.238. The van der Waals surface area contributed by atoms with Crippen molar-refractivity contribution in [3.05, 3.63) is 63.6 Å². The lowest BCUT2D eigenvalue weighted by molar-refractivity contribution is -0.147. The number of halogens is 2. The highest BCUT2D eigenvalue weighted by Gasteiger charge is 2.36. The van der Waals surface area contributed by atoms with Crippen molar-refractivity contribution in [2.75, 3.05) is 20.3 Å². The summed E-state index contributed by atoms with van der Waals surface area (Å²) in [6.07, 6.45) is -0.145. The van der Waals surface area contributed by atoms with Gasteiger partial charge in [0.1, 0.15) is 5.75 Å². The number of methoxy groups -OCH3 is 1. The fourth-order valence-corrected chi connectivity index (χ4v) is 3.23. The molecule has 10 heteroatoms. The van der Waals surface area contributed by atoms with Crippen LogP contribution in [-0.2, 0) is 14.3 Å². The van der Waals surface area contributed by atoms with Crippen molar-refractivity contribution in [1.82, 2.24) is 10.4 Å². The second-order valence-electron chi connectivity index (χ2n) is 6.74. The Labute approximate surface area is 188 Å². The van der Waals surface area contributed by atoms with Crippen molar-refractivity contribution in [2.24, 2.45) is 5.92 Å². The highest BCUT2D eigenvalue weighted by Crippen LogP contribution is 2.23. The van der Waals surface area contributed by atoms with Gasteiger partial charge in [0.15, 0.2) is 12.4 Å². The summed E-state index contributed by atoms with van der Waals surface area (Å²) in [7, 11) is 1.48. The maximum atomic E-state index is 12.3. The molecule has 8 nitrogen and oxygen atoms in total. The molecule has 0 unspecified atom stereocenters. The fourth-order valence-electron chi connectivity index (χ4n) is 2.93. The van der Waals surface area contributed by atoms with E-state index in [0.717, 1.165) is 5.01 Å². The zero-order chi connectivity index (χ0) is 22.5. The van der Waals surface area contributed by atoms with Gasteiger partial charge in [0, 0.05) is 17.5 Å². The van der Waals surface area contributed by atoms with Crippen LogP contribution in [0.15, 0.2) is 42.5 Å². The summed E-state index contributed by atoms with van der Waals surface area (Å²) in [6, 6.07) is 10.7. The van der Waals surface area contributed by atoms with E-state index < -0.39 is 36.1 Å². The Morgan fingerprint density at radius 3 is 2.58 bits per heavy atom. The minimum Gasteiger partial charge on any atom is -0.497 e. The van der Waals surface area contributed by atoms with E-state index in [1.54, 1.807) is 18.2 Å². The maximum absolute atomic E-state index is 12.3. The largest absolute Gasteiger partial charge is 0.497 e. The van der Waals surface area contributed by atoms with Gasteiger partial charge in [-0.3, -0.25) is 29.6 Å². The molecule has 0 aliphatic carbocycles. The molecule has 0 radical (unpaired) electrons. The Bertz CT molecular complexity index is 1040. The van der Waals surface area contributed by atoms with Crippen molar-refractivity contribution >= 4 is 46.8 Å². The molecule has 31 heavy (non-hydrogen) atoms. The highest BCUT2D eigenvalue weighted by atomic mass is 35.5. The molecule has 3 rings (SSSR count). The first-order valence-corrected chi connectivity index (χ1v) is 9.94. The van der Waals surface area contributed by atoms with E-state index in [1.165, 1.54) is 31.4 Å². The quantitative estimate of drug-likeness (QED) is 0.499. The van der Waals surface area contributed by atoms with Crippen LogP contribution >= 0.6 is 23.2 Å². The van der Waals surface area contributed by atoms with Crippen LogP contribution in [0.4, 0.5) is 0 Å². The van der Waals surface area contributed by atoms with Gasteiger partial charge in [-0.05, 0) is 30.3 Å². The van der Waals surface area contributed by atoms with Crippen LogP contribution in [0.2, 0.25) is 10.0 Å². The predicted octanol–water partition coefficient (Wildman–Crippen LogP) is 2.92. The van der Waals surface area contributed by atoms with Crippen molar-refractivity contribution < 1.29 is 28.7 Å². The molecule has 162 valence electrons. The molecule has 1 atom stereocenters. The number of nitrogens with zero attached hydrogens (tertiary/aromatic N) is 1. The second-order valence-corrected chi connectivity index (χ2v) is 7.55. The minimum atomic E-state index is -0.806. The van der Waals surface area contributed by atoms with Gasteiger partial charge in [0.2, 0.25) is 5.91 Å². The molecular formula is C21H18Cl2N2O6. The highest BCUT2D eigenvalue weighted by molar-refractivity contribution is 6.42. The van der Waals surface area contributed by atoms with Crippen LogP contribution in [0, 0.1) is 5.92 Å². The zero-order valence-corrected chi connectivity index (χ0v) is 17.9. The zero-order valence-electron chi connectivity index (χ0n) is 16.4. The number of carbonyl (C=O) groups is 4. The minimum absolute atomic E-state index is 0.0714. The van der Waals surface area contributed by atoms with Crippen molar-refractivity contribution in [3.63, 3.8) is 0 Å². The third-order valence-corrected chi connectivity index (χ3v) is 5.35. The molecule has 0 spiro atoms.